The Kier molecular flexibility index (Phi) is 5.03. The lowest BCUT2D eigenvalue weighted by Crippen LogP contribution is -2.14. The molecule has 0 radical (unpaired) electrons. The van der Waals surface area contributed by atoms with E-state index < -0.39 is 29.3 Å². The number of carboxylic acid groups (broad SMARTS) is 1. The van der Waals surface area contributed by atoms with Crippen LogP contribution in [-0.2, 0) is 0 Å². The minimum atomic E-state index is -1.39. The standard InChI is InChI=1S/C12H15F2NO3/c1-2-8(16)3-4-15-11-9(13)5-7(12(17)18)6-10(11)14/h5-6,8,15-16H,2-4H2,1H3,(H,17,18). The summed E-state index contributed by atoms with van der Waals surface area (Å²) in [6, 6.07) is 1.51. The quantitative estimate of drug-likeness (QED) is 0.732. The van der Waals surface area contributed by atoms with E-state index in [1.54, 1.807) is 6.92 Å². The van der Waals surface area contributed by atoms with E-state index in [9.17, 15) is 18.7 Å². The van der Waals surface area contributed by atoms with E-state index >= 15 is 0 Å². The van der Waals surface area contributed by atoms with Gasteiger partial charge in [0.05, 0.1) is 11.7 Å². The topological polar surface area (TPSA) is 69.6 Å². The highest BCUT2D eigenvalue weighted by atomic mass is 19.1. The van der Waals surface area contributed by atoms with Gasteiger partial charge in [0.15, 0.2) is 0 Å². The van der Waals surface area contributed by atoms with Crippen LogP contribution >= 0.6 is 0 Å². The van der Waals surface area contributed by atoms with E-state index in [4.69, 9.17) is 5.11 Å². The summed E-state index contributed by atoms with van der Waals surface area (Å²) in [5.41, 5.74) is -0.813. The van der Waals surface area contributed by atoms with Crippen molar-refractivity contribution in [1.29, 1.82) is 0 Å². The molecule has 1 atom stereocenters. The number of benzene rings is 1. The molecule has 0 saturated carbocycles. The van der Waals surface area contributed by atoms with Crippen molar-refractivity contribution >= 4 is 11.7 Å². The summed E-state index contributed by atoms with van der Waals surface area (Å²) in [4.78, 5) is 10.6. The van der Waals surface area contributed by atoms with E-state index in [0.717, 1.165) is 12.1 Å². The van der Waals surface area contributed by atoms with E-state index in [0.29, 0.717) is 12.8 Å². The van der Waals surface area contributed by atoms with Gasteiger partial charge in [0.25, 0.3) is 0 Å². The first-order valence-electron chi connectivity index (χ1n) is 5.60. The molecule has 0 spiro atoms. The van der Waals surface area contributed by atoms with Crippen molar-refractivity contribution < 1.29 is 23.8 Å². The van der Waals surface area contributed by atoms with Crippen LogP contribution < -0.4 is 5.32 Å². The molecule has 0 aromatic heterocycles. The zero-order valence-corrected chi connectivity index (χ0v) is 9.91. The third-order valence-corrected chi connectivity index (χ3v) is 2.54. The Bertz CT molecular complexity index is 414. The molecular formula is C12H15F2NO3. The first-order valence-corrected chi connectivity index (χ1v) is 5.60. The molecule has 100 valence electrons. The molecule has 18 heavy (non-hydrogen) atoms. The maximum absolute atomic E-state index is 13.4. The molecule has 1 aromatic rings. The van der Waals surface area contributed by atoms with E-state index in [1.807, 2.05) is 0 Å². The second-order valence-corrected chi connectivity index (χ2v) is 3.90. The number of carbonyl (C=O) groups is 1. The summed E-state index contributed by atoms with van der Waals surface area (Å²) in [6.07, 6.45) is 0.391. The molecule has 1 aromatic carbocycles. The summed E-state index contributed by atoms with van der Waals surface area (Å²) < 4.78 is 26.9. The van der Waals surface area contributed by atoms with Crippen molar-refractivity contribution in [2.24, 2.45) is 0 Å². The van der Waals surface area contributed by atoms with Crippen molar-refractivity contribution in [3.8, 4) is 0 Å². The highest BCUT2D eigenvalue weighted by molar-refractivity contribution is 5.88. The third kappa shape index (κ3) is 3.66. The number of rotatable bonds is 6. The summed E-state index contributed by atoms with van der Waals surface area (Å²) >= 11 is 0. The van der Waals surface area contributed by atoms with Gasteiger partial charge in [0, 0.05) is 6.54 Å². The van der Waals surface area contributed by atoms with Crippen molar-refractivity contribution in [3.05, 3.63) is 29.3 Å². The average molecular weight is 259 g/mol. The number of hydrogen-bond acceptors (Lipinski definition) is 3. The first-order chi connectivity index (χ1) is 8.45. The second kappa shape index (κ2) is 6.30. The van der Waals surface area contributed by atoms with Crippen molar-refractivity contribution in [2.75, 3.05) is 11.9 Å². The van der Waals surface area contributed by atoms with E-state index in [1.165, 1.54) is 0 Å². The number of nitrogens with one attached hydrogen (secondary N) is 1. The molecule has 0 aliphatic carbocycles. The van der Waals surface area contributed by atoms with Crippen LogP contribution in [0.25, 0.3) is 0 Å². The fourth-order valence-corrected chi connectivity index (χ4v) is 1.43. The van der Waals surface area contributed by atoms with Gasteiger partial charge in [-0.1, -0.05) is 6.92 Å². The highest BCUT2D eigenvalue weighted by Gasteiger charge is 2.14. The molecule has 0 amide bonds. The van der Waals surface area contributed by atoms with Gasteiger partial charge in [-0.05, 0) is 25.0 Å². The van der Waals surface area contributed by atoms with Crippen LogP contribution in [-0.4, -0.2) is 28.8 Å². The number of aliphatic hydroxyl groups is 1. The molecule has 1 unspecified atom stereocenters. The van der Waals surface area contributed by atoms with Crippen LogP contribution in [0.5, 0.6) is 0 Å². The van der Waals surface area contributed by atoms with Gasteiger partial charge in [0.1, 0.15) is 17.3 Å². The molecule has 6 heteroatoms. The van der Waals surface area contributed by atoms with Gasteiger partial charge in [0.2, 0.25) is 0 Å². The fourth-order valence-electron chi connectivity index (χ4n) is 1.43. The molecule has 0 heterocycles. The molecule has 0 saturated heterocycles. The number of carboxylic acids is 1. The largest absolute Gasteiger partial charge is 0.478 e. The minimum absolute atomic E-state index is 0.204. The van der Waals surface area contributed by atoms with Crippen LogP contribution in [0.4, 0.5) is 14.5 Å². The normalized spacial score (nSPS) is 12.2. The van der Waals surface area contributed by atoms with Gasteiger partial charge in [-0.2, -0.15) is 0 Å². The number of anilines is 1. The Hall–Kier alpha value is -1.69. The Morgan fingerprint density at radius 3 is 2.39 bits per heavy atom. The maximum Gasteiger partial charge on any atom is 0.335 e. The summed E-state index contributed by atoms with van der Waals surface area (Å²) in [6.45, 7) is 2.00. The van der Waals surface area contributed by atoms with Gasteiger partial charge in [-0.3, -0.25) is 0 Å². The summed E-state index contributed by atoms with van der Waals surface area (Å²) in [5.74, 6) is -3.31. The molecule has 4 nitrogen and oxygen atoms in total. The van der Waals surface area contributed by atoms with Gasteiger partial charge in [-0.25, -0.2) is 13.6 Å². The molecule has 0 bridgehead atoms. The van der Waals surface area contributed by atoms with Crippen LogP contribution in [0.1, 0.15) is 30.1 Å². The number of hydrogen-bond donors (Lipinski definition) is 3. The van der Waals surface area contributed by atoms with Crippen molar-refractivity contribution in [1.82, 2.24) is 0 Å². The second-order valence-electron chi connectivity index (χ2n) is 3.90. The monoisotopic (exact) mass is 259 g/mol. The summed E-state index contributed by atoms with van der Waals surface area (Å²) in [5, 5.41) is 20.4. The van der Waals surface area contributed by atoms with Crippen LogP contribution in [0.2, 0.25) is 0 Å². The lowest BCUT2D eigenvalue weighted by atomic mass is 10.1. The minimum Gasteiger partial charge on any atom is -0.478 e. The van der Waals surface area contributed by atoms with E-state index in [-0.39, 0.29) is 12.2 Å². The Labute approximate surface area is 103 Å². The number of aliphatic hydroxyl groups excluding tert-OH is 1. The predicted octanol–water partition coefficient (Wildman–Crippen LogP) is 2.24. The van der Waals surface area contributed by atoms with Crippen LogP contribution in [0.15, 0.2) is 12.1 Å². The lowest BCUT2D eigenvalue weighted by Gasteiger charge is -2.11. The molecule has 0 fully saturated rings. The Morgan fingerprint density at radius 1 is 1.39 bits per heavy atom. The Balaban J connectivity index is 2.75. The highest BCUT2D eigenvalue weighted by Crippen LogP contribution is 2.21. The van der Waals surface area contributed by atoms with Crippen molar-refractivity contribution in [3.63, 3.8) is 0 Å². The molecular weight excluding hydrogens is 244 g/mol. The SMILES string of the molecule is CCC(O)CCNc1c(F)cc(C(=O)O)cc1F. The lowest BCUT2D eigenvalue weighted by molar-refractivity contribution is 0.0696. The van der Waals surface area contributed by atoms with E-state index in [2.05, 4.69) is 5.32 Å². The fraction of sp³-hybridized carbons (Fsp3) is 0.417. The van der Waals surface area contributed by atoms with Crippen LogP contribution in [0.3, 0.4) is 0 Å². The zero-order chi connectivity index (χ0) is 13.7. The first kappa shape index (κ1) is 14.4. The molecule has 0 aliphatic heterocycles. The van der Waals surface area contributed by atoms with Crippen LogP contribution in [0, 0.1) is 11.6 Å². The van der Waals surface area contributed by atoms with Crippen molar-refractivity contribution in [2.45, 2.75) is 25.9 Å². The molecule has 3 N–H and O–H groups in total. The van der Waals surface area contributed by atoms with Gasteiger partial charge < -0.3 is 15.5 Å². The predicted molar refractivity (Wildman–Crippen MR) is 62.7 cm³/mol. The zero-order valence-electron chi connectivity index (χ0n) is 9.91. The maximum atomic E-state index is 13.4. The van der Waals surface area contributed by atoms with Gasteiger partial charge in [-0.15, -0.1) is 0 Å². The number of aromatic carboxylic acids is 1. The summed E-state index contributed by atoms with van der Waals surface area (Å²) in [7, 11) is 0. The molecule has 0 aliphatic rings. The number of halogens is 2. The third-order valence-electron chi connectivity index (χ3n) is 2.54. The smallest absolute Gasteiger partial charge is 0.335 e. The van der Waals surface area contributed by atoms with Gasteiger partial charge >= 0.3 is 5.97 Å². The Morgan fingerprint density at radius 2 is 1.94 bits per heavy atom. The average Bonchev–Trinajstić information content (AvgIpc) is 2.31. The molecule has 1 rings (SSSR count).